The van der Waals surface area contributed by atoms with E-state index in [1.165, 1.54) is 12.2 Å². The summed E-state index contributed by atoms with van der Waals surface area (Å²) in [5.74, 6) is -0.179. The number of rotatable bonds is 12. The molecule has 0 fully saturated rings. The summed E-state index contributed by atoms with van der Waals surface area (Å²) in [6.45, 7) is 15.2. The molecule has 2 amide bonds. The Labute approximate surface area is 264 Å². The van der Waals surface area contributed by atoms with Gasteiger partial charge in [-0.15, -0.1) is 0 Å². The highest BCUT2D eigenvalue weighted by Gasteiger charge is 2.28. The Bertz CT molecular complexity index is 1600. The van der Waals surface area contributed by atoms with Crippen molar-refractivity contribution in [2.24, 2.45) is 0 Å². The van der Waals surface area contributed by atoms with E-state index in [0.717, 1.165) is 22.3 Å². The van der Waals surface area contributed by atoms with Gasteiger partial charge in [0.2, 0.25) is 11.8 Å². The molecule has 4 aromatic rings. The van der Waals surface area contributed by atoms with Gasteiger partial charge in [0.25, 0.3) is 0 Å². The Kier molecular flexibility index (Phi) is 9.81. The fourth-order valence-electron chi connectivity index (χ4n) is 4.81. The molecule has 8 nitrogen and oxygen atoms in total. The first-order valence-electron chi connectivity index (χ1n) is 14.2. The minimum absolute atomic E-state index is 0.188. The van der Waals surface area contributed by atoms with Gasteiger partial charge in [-0.2, -0.15) is 0 Å². The van der Waals surface area contributed by atoms with Crippen LogP contribution < -0.4 is 19.7 Å². The molecule has 9 heteroatoms. The van der Waals surface area contributed by atoms with Crippen molar-refractivity contribution in [3.63, 3.8) is 0 Å². The molecular formula is C36H37N2O6P. The van der Waals surface area contributed by atoms with Gasteiger partial charge in [0.05, 0.1) is 0 Å². The van der Waals surface area contributed by atoms with E-state index in [1.807, 2.05) is 72.8 Å². The Balaban J connectivity index is 1.39. The monoisotopic (exact) mass is 624 g/mol. The minimum atomic E-state index is -4.49. The molecule has 3 N–H and O–H groups in total. The number of amides is 2. The lowest BCUT2D eigenvalue weighted by Crippen LogP contribution is -2.19. The Hall–Kier alpha value is -4.91. The molecule has 4 rings (SSSR count). The van der Waals surface area contributed by atoms with Crippen molar-refractivity contribution in [1.82, 2.24) is 0 Å². The fraction of sp³-hybridized carbons (Fsp3) is 0.167. The summed E-state index contributed by atoms with van der Waals surface area (Å²) >= 11 is 0. The summed E-state index contributed by atoms with van der Waals surface area (Å²) < 4.78 is 23.6. The third kappa shape index (κ3) is 8.18. The number of anilines is 2. The fourth-order valence-corrected chi connectivity index (χ4v) is 5.62. The number of phosphoric ester groups is 1. The van der Waals surface area contributed by atoms with E-state index in [9.17, 15) is 19.0 Å². The van der Waals surface area contributed by atoms with E-state index in [4.69, 9.17) is 9.05 Å². The number of nitrogens with one attached hydrogen (secondary N) is 2. The Morgan fingerprint density at radius 1 is 0.600 bits per heavy atom. The number of benzene rings is 4. The molecule has 0 saturated heterocycles. The van der Waals surface area contributed by atoms with Crippen LogP contribution in [0.1, 0.15) is 49.9 Å². The maximum atomic E-state index is 12.9. The van der Waals surface area contributed by atoms with Gasteiger partial charge in [-0.1, -0.05) is 89.4 Å². The van der Waals surface area contributed by atoms with Crippen LogP contribution in [0.25, 0.3) is 0 Å². The van der Waals surface area contributed by atoms with Gasteiger partial charge in [0.1, 0.15) is 11.5 Å². The summed E-state index contributed by atoms with van der Waals surface area (Å²) in [6.07, 6.45) is 2.43. The third-order valence-electron chi connectivity index (χ3n) is 7.71. The lowest BCUT2D eigenvalue weighted by atomic mass is 9.78. The molecule has 0 unspecified atom stereocenters. The van der Waals surface area contributed by atoms with Crippen LogP contribution in [0.2, 0.25) is 0 Å². The molecule has 45 heavy (non-hydrogen) atoms. The van der Waals surface area contributed by atoms with E-state index in [-0.39, 0.29) is 23.3 Å². The van der Waals surface area contributed by atoms with Crippen molar-refractivity contribution in [2.45, 2.75) is 38.5 Å². The highest BCUT2D eigenvalue weighted by Crippen LogP contribution is 2.45. The van der Waals surface area contributed by atoms with Crippen LogP contribution in [0.3, 0.4) is 0 Å². The molecule has 0 atom stereocenters. The number of phosphoric acid groups is 1. The number of carbonyl (C=O) groups is 2. The number of carbonyl (C=O) groups excluding carboxylic acids is 2. The van der Waals surface area contributed by atoms with Crippen molar-refractivity contribution in [1.29, 1.82) is 0 Å². The lowest BCUT2D eigenvalue weighted by molar-refractivity contribution is -0.112. The molecule has 0 saturated carbocycles. The standard InChI is InChI=1S/C36H37N2O6P/c1-7-33(39)37-29-17-9-25(10-18-29)35(3,4)27-13-21-31(22-14-27)43-45(41,42)44-32-23-15-28(16-24-32)36(5,6)26-11-19-30(20-12-26)38-34(40)8-2/h7-24H,1-2H2,3-6H3,(H,37,39)(H,38,40)(H,41,42). The second-order valence-corrected chi connectivity index (χ2v) is 12.8. The zero-order chi connectivity index (χ0) is 32.8. The normalized spacial score (nSPS) is 11.7. The lowest BCUT2D eigenvalue weighted by Gasteiger charge is -2.27. The maximum Gasteiger partial charge on any atom is 0.584 e. The molecule has 0 heterocycles. The second kappa shape index (κ2) is 13.4. The molecule has 0 aliphatic carbocycles. The van der Waals surface area contributed by atoms with E-state index < -0.39 is 18.7 Å². The number of hydrogen-bond acceptors (Lipinski definition) is 5. The van der Waals surface area contributed by atoms with Crippen LogP contribution >= 0.6 is 7.82 Å². The summed E-state index contributed by atoms with van der Waals surface area (Å²) in [4.78, 5) is 33.6. The van der Waals surface area contributed by atoms with Crippen molar-refractivity contribution >= 4 is 31.0 Å². The second-order valence-electron chi connectivity index (χ2n) is 11.5. The summed E-state index contributed by atoms with van der Waals surface area (Å²) in [6, 6.07) is 28.9. The quantitative estimate of drug-likeness (QED) is 0.108. The van der Waals surface area contributed by atoms with Crippen molar-refractivity contribution < 1.29 is 28.1 Å². The molecular weight excluding hydrogens is 587 g/mol. The van der Waals surface area contributed by atoms with Gasteiger partial charge in [0, 0.05) is 22.2 Å². The maximum absolute atomic E-state index is 12.9. The van der Waals surface area contributed by atoms with Crippen molar-refractivity contribution in [2.75, 3.05) is 10.6 Å². The number of hydrogen-bond donors (Lipinski definition) is 3. The topological polar surface area (TPSA) is 114 Å². The van der Waals surface area contributed by atoms with Crippen molar-refractivity contribution in [3.8, 4) is 11.5 Å². The molecule has 0 aromatic heterocycles. The van der Waals surface area contributed by atoms with Gasteiger partial charge in [-0.05, 0) is 82.9 Å². The van der Waals surface area contributed by atoms with Gasteiger partial charge in [-0.3, -0.25) is 14.5 Å². The first kappa shape index (κ1) is 33.0. The van der Waals surface area contributed by atoms with E-state index in [0.29, 0.717) is 11.4 Å². The highest BCUT2D eigenvalue weighted by molar-refractivity contribution is 7.48. The van der Waals surface area contributed by atoms with Crippen LogP contribution in [-0.2, 0) is 25.0 Å². The molecule has 0 aliphatic rings. The summed E-state index contributed by atoms with van der Waals surface area (Å²) in [7, 11) is -4.49. The van der Waals surface area contributed by atoms with Crippen LogP contribution in [0, 0.1) is 0 Å². The van der Waals surface area contributed by atoms with Gasteiger partial charge in [0.15, 0.2) is 0 Å². The molecule has 0 aliphatic heterocycles. The zero-order valence-corrected chi connectivity index (χ0v) is 26.6. The van der Waals surface area contributed by atoms with Crippen LogP contribution in [-0.4, -0.2) is 16.7 Å². The van der Waals surface area contributed by atoms with Crippen molar-refractivity contribution in [3.05, 3.63) is 145 Å². The molecule has 232 valence electrons. The first-order valence-corrected chi connectivity index (χ1v) is 15.7. The molecule has 4 aromatic carbocycles. The predicted octanol–water partition coefficient (Wildman–Crippen LogP) is 8.15. The SMILES string of the molecule is C=CC(=O)Nc1ccc(C(C)(C)c2ccc(OP(=O)(O)Oc3ccc(C(C)(C)c4ccc(NC(=O)C=C)cc4)cc3)cc2)cc1. The highest BCUT2D eigenvalue weighted by atomic mass is 31.2. The largest absolute Gasteiger partial charge is 0.584 e. The van der Waals surface area contributed by atoms with E-state index >= 15 is 0 Å². The smallest absolute Gasteiger partial charge is 0.395 e. The van der Waals surface area contributed by atoms with Gasteiger partial charge in [-0.25, -0.2) is 4.57 Å². The molecule has 0 spiro atoms. The first-order chi connectivity index (χ1) is 21.2. The predicted molar refractivity (Wildman–Crippen MR) is 179 cm³/mol. The average molecular weight is 625 g/mol. The summed E-state index contributed by atoms with van der Waals surface area (Å²) in [5, 5.41) is 5.46. The van der Waals surface area contributed by atoms with Gasteiger partial charge >= 0.3 is 7.82 Å². The molecule has 0 radical (unpaired) electrons. The average Bonchev–Trinajstić information content (AvgIpc) is 3.01. The zero-order valence-electron chi connectivity index (χ0n) is 25.7. The van der Waals surface area contributed by atoms with E-state index in [1.54, 1.807) is 24.3 Å². The summed E-state index contributed by atoms with van der Waals surface area (Å²) in [5.41, 5.74) is 4.51. The third-order valence-corrected chi connectivity index (χ3v) is 8.60. The van der Waals surface area contributed by atoms with Gasteiger partial charge < -0.3 is 19.7 Å². The Morgan fingerprint density at radius 3 is 1.13 bits per heavy atom. The van der Waals surface area contributed by atoms with Crippen LogP contribution in [0.5, 0.6) is 11.5 Å². The molecule has 0 bridgehead atoms. The van der Waals surface area contributed by atoms with Crippen LogP contribution in [0.15, 0.2) is 122 Å². The van der Waals surface area contributed by atoms with Crippen LogP contribution in [0.4, 0.5) is 11.4 Å². The Morgan fingerprint density at radius 2 is 0.867 bits per heavy atom. The minimum Gasteiger partial charge on any atom is -0.395 e. The van der Waals surface area contributed by atoms with E-state index in [2.05, 4.69) is 51.5 Å².